The van der Waals surface area contributed by atoms with Gasteiger partial charge in [-0.3, -0.25) is 5.10 Å². The number of aromatic amines is 1. The van der Waals surface area contributed by atoms with E-state index in [4.69, 9.17) is 16.3 Å². The lowest BCUT2D eigenvalue weighted by atomic mass is 9.87. The number of H-pyrrole nitrogens is 1. The molecule has 0 spiro atoms. The van der Waals surface area contributed by atoms with Crippen molar-refractivity contribution >= 4 is 29.3 Å². The number of amides is 1. The van der Waals surface area contributed by atoms with Crippen LogP contribution in [-0.4, -0.2) is 44.9 Å². The third-order valence-electron chi connectivity index (χ3n) is 4.67. The molecule has 1 aliphatic heterocycles. The van der Waals surface area contributed by atoms with Gasteiger partial charge in [-0.05, 0) is 58.1 Å². The fourth-order valence-electron chi connectivity index (χ4n) is 3.34. The summed E-state index contributed by atoms with van der Waals surface area (Å²) in [5.74, 6) is 1.26. The summed E-state index contributed by atoms with van der Waals surface area (Å²) in [6.07, 6.45) is 1.13. The van der Waals surface area contributed by atoms with E-state index in [2.05, 4.69) is 26.6 Å². The fourth-order valence-corrected chi connectivity index (χ4v) is 3.58. The van der Waals surface area contributed by atoms with Crippen LogP contribution in [0.25, 0.3) is 0 Å². The summed E-state index contributed by atoms with van der Waals surface area (Å²) in [6.45, 7) is 8.58. The predicted molar refractivity (Wildman–Crippen MR) is 110 cm³/mol. The maximum Gasteiger partial charge on any atom is 0.410 e. The second kappa shape index (κ2) is 8.29. The number of nitrogens with one attached hydrogen (secondary N) is 2. The molecule has 1 saturated heterocycles. The molecule has 2 N–H and O–H groups in total. The number of anilines is 2. The van der Waals surface area contributed by atoms with Crippen molar-refractivity contribution in [2.75, 3.05) is 18.4 Å². The molecule has 9 heteroatoms. The Labute approximate surface area is 175 Å². The van der Waals surface area contributed by atoms with E-state index in [-0.39, 0.29) is 17.2 Å². The molecule has 29 heavy (non-hydrogen) atoms. The molecule has 154 valence electrons. The number of carbonyl (C=O) groups excluding carboxylic acids is 1. The molecule has 0 unspecified atom stereocenters. The Balaban J connectivity index is 1.76. The molecule has 1 fully saturated rings. The minimum atomic E-state index is -0.522. The topological polar surface area (TPSA) is 107 Å². The van der Waals surface area contributed by atoms with Crippen LogP contribution in [0.4, 0.5) is 16.4 Å². The first-order chi connectivity index (χ1) is 13.7. The molecular weight excluding hydrogens is 392 g/mol. The standard InChI is InChI=1S/C20H25ClN6O2/c1-12-9-17(26-25-12)23-16-10-14(15(11-22)18(21)24-16)13-5-7-27(8-6-13)19(28)29-20(2,3)4/h9-10,13H,5-8H2,1-4H3,(H2,23,24,25,26). The van der Waals surface area contributed by atoms with Gasteiger partial charge in [0.15, 0.2) is 5.82 Å². The first kappa shape index (κ1) is 20.9. The molecule has 2 aromatic rings. The van der Waals surface area contributed by atoms with Gasteiger partial charge in [0.05, 0.1) is 5.56 Å². The predicted octanol–water partition coefficient (Wildman–Crippen LogP) is 4.50. The van der Waals surface area contributed by atoms with Gasteiger partial charge in [0.25, 0.3) is 0 Å². The molecule has 1 amide bonds. The number of hydrogen-bond acceptors (Lipinski definition) is 6. The Morgan fingerprint density at radius 2 is 2.03 bits per heavy atom. The highest BCUT2D eigenvalue weighted by atomic mass is 35.5. The normalized spacial score (nSPS) is 15.1. The minimum Gasteiger partial charge on any atom is -0.444 e. The highest BCUT2D eigenvalue weighted by molar-refractivity contribution is 6.30. The van der Waals surface area contributed by atoms with Gasteiger partial charge in [-0.15, -0.1) is 0 Å². The summed E-state index contributed by atoms with van der Waals surface area (Å²) in [4.78, 5) is 18.3. The van der Waals surface area contributed by atoms with Crippen molar-refractivity contribution < 1.29 is 9.53 Å². The van der Waals surface area contributed by atoms with Gasteiger partial charge in [0.2, 0.25) is 0 Å². The van der Waals surface area contributed by atoms with Crippen molar-refractivity contribution in [3.8, 4) is 6.07 Å². The number of aryl methyl sites for hydroxylation is 1. The molecule has 0 aliphatic carbocycles. The number of nitrogens with zero attached hydrogens (tertiary/aromatic N) is 4. The molecule has 0 bridgehead atoms. The Bertz CT molecular complexity index is 935. The second-order valence-electron chi connectivity index (χ2n) is 8.18. The van der Waals surface area contributed by atoms with E-state index in [1.165, 1.54) is 0 Å². The third-order valence-corrected chi connectivity index (χ3v) is 4.94. The van der Waals surface area contributed by atoms with Gasteiger partial charge < -0.3 is 15.0 Å². The van der Waals surface area contributed by atoms with Gasteiger partial charge in [-0.2, -0.15) is 10.4 Å². The highest BCUT2D eigenvalue weighted by Crippen LogP contribution is 2.35. The quantitative estimate of drug-likeness (QED) is 0.713. The van der Waals surface area contributed by atoms with Crippen LogP contribution in [0.2, 0.25) is 5.15 Å². The van der Waals surface area contributed by atoms with Crippen molar-refractivity contribution in [1.29, 1.82) is 5.26 Å². The van der Waals surface area contributed by atoms with Crippen LogP contribution in [0.3, 0.4) is 0 Å². The number of piperidine rings is 1. The molecule has 0 aromatic carbocycles. The van der Waals surface area contributed by atoms with Gasteiger partial charge >= 0.3 is 6.09 Å². The number of ether oxygens (including phenoxy) is 1. The number of carbonyl (C=O) groups is 1. The lowest BCUT2D eigenvalue weighted by Gasteiger charge is -2.34. The molecule has 1 aliphatic rings. The van der Waals surface area contributed by atoms with Crippen LogP contribution < -0.4 is 5.32 Å². The van der Waals surface area contributed by atoms with E-state index in [1.54, 1.807) is 4.90 Å². The molecule has 3 rings (SSSR count). The van der Waals surface area contributed by atoms with Gasteiger partial charge in [-0.25, -0.2) is 9.78 Å². The number of likely N-dealkylation sites (tertiary alicyclic amines) is 1. The average molecular weight is 417 g/mol. The summed E-state index contributed by atoms with van der Waals surface area (Å²) in [5.41, 5.74) is 1.62. The Kier molecular flexibility index (Phi) is 5.99. The zero-order chi connectivity index (χ0) is 21.2. The minimum absolute atomic E-state index is 0.102. The first-order valence-corrected chi connectivity index (χ1v) is 9.91. The number of rotatable bonds is 3. The zero-order valence-electron chi connectivity index (χ0n) is 17.0. The molecule has 8 nitrogen and oxygen atoms in total. The van der Waals surface area contributed by atoms with Crippen molar-refractivity contribution in [2.24, 2.45) is 0 Å². The van der Waals surface area contributed by atoms with E-state index in [0.29, 0.717) is 30.3 Å². The number of pyridine rings is 1. The number of hydrogen-bond donors (Lipinski definition) is 2. The Hall–Kier alpha value is -2.79. The highest BCUT2D eigenvalue weighted by Gasteiger charge is 2.29. The molecule has 2 aromatic heterocycles. The SMILES string of the molecule is Cc1cc(Nc2cc(C3CCN(C(=O)OC(C)(C)C)CC3)c(C#N)c(Cl)n2)n[nH]1. The molecule has 0 radical (unpaired) electrons. The summed E-state index contributed by atoms with van der Waals surface area (Å²) in [7, 11) is 0. The van der Waals surface area contributed by atoms with E-state index < -0.39 is 5.60 Å². The molecule has 3 heterocycles. The first-order valence-electron chi connectivity index (χ1n) is 9.54. The van der Waals surface area contributed by atoms with Gasteiger partial charge in [0, 0.05) is 24.8 Å². The van der Waals surface area contributed by atoms with Crippen LogP contribution >= 0.6 is 11.6 Å². The van der Waals surface area contributed by atoms with Crippen LogP contribution in [0.1, 0.15) is 56.4 Å². The Morgan fingerprint density at radius 3 is 2.59 bits per heavy atom. The van der Waals surface area contributed by atoms with Crippen LogP contribution in [0, 0.1) is 18.3 Å². The van der Waals surface area contributed by atoms with E-state index in [0.717, 1.165) is 24.1 Å². The number of aromatic nitrogens is 3. The average Bonchev–Trinajstić information content (AvgIpc) is 3.04. The smallest absolute Gasteiger partial charge is 0.410 e. The van der Waals surface area contributed by atoms with Crippen LogP contribution in [0.15, 0.2) is 12.1 Å². The number of nitriles is 1. The van der Waals surface area contributed by atoms with Gasteiger partial charge in [0.1, 0.15) is 22.6 Å². The lowest BCUT2D eigenvalue weighted by Crippen LogP contribution is -2.41. The summed E-state index contributed by atoms with van der Waals surface area (Å²) >= 11 is 6.29. The zero-order valence-corrected chi connectivity index (χ0v) is 17.8. The van der Waals surface area contributed by atoms with Crippen molar-refractivity contribution in [1.82, 2.24) is 20.1 Å². The van der Waals surface area contributed by atoms with Crippen molar-refractivity contribution in [2.45, 2.75) is 52.1 Å². The third kappa shape index (κ3) is 5.18. The van der Waals surface area contributed by atoms with E-state index >= 15 is 0 Å². The molecular formula is C20H25ClN6O2. The monoisotopic (exact) mass is 416 g/mol. The molecule has 0 atom stereocenters. The summed E-state index contributed by atoms with van der Waals surface area (Å²) in [6, 6.07) is 5.88. The van der Waals surface area contributed by atoms with Gasteiger partial charge in [-0.1, -0.05) is 11.6 Å². The molecule has 0 saturated carbocycles. The number of halogens is 1. The van der Waals surface area contributed by atoms with Crippen molar-refractivity contribution in [3.63, 3.8) is 0 Å². The van der Waals surface area contributed by atoms with E-state index in [9.17, 15) is 10.1 Å². The maximum absolute atomic E-state index is 12.3. The largest absolute Gasteiger partial charge is 0.444 e. The van der Waals surface area contributed by atoms with Crippen LogP contribution in [0.5, 0.6) is 0 Å². The summed E-state index contributed by atoms with van der Waals surface area (Å²) < 4.78 is 5.45. The van der Waals surface area contributed by atoms with Crippen molar-refractivity contribution in [3.05, 3.63) is 34.1 Å². The Morgan fingerprint density at radius 1 is 1.34 bits per heavy atom. The van der Waals surface area contributed by atoms with E-state index in [1.807, 2.05) is 39.8 Å². The second-order valence-corrected chi connectivity index (χ2v) is 8.54. The maximum atomic E-state index is 12.3. The summed E-state index contributed by atoms with van der Waals surface area (Å²) in [5, 5.41) is 19.9. The fraction of sp³-hybridized carbons (Fsp3) is 0.500. The van der Waals surface area contributed by atoms with Crippen LogP contribution in [-0.2, 0) is 4.74 Å². The lowest BCUT2D eigenvalue weighted by molar-refractivity contribution is 0.0205.